The Labute approximate surface area is 252 Å². The Kier molecular flexibility index (Phi) is 7.12. The Hall–Kier alpha value is -5.67. The smallest absolute Gasteiger partial charge is 0.164 e. The third-order valence-electron chi connectivity index (χ3n) is 7.74. The fraction of sp³-hybridized carbons (Fsp3) is 0.0250. The number of hydrogen-bond donors (Lipinski definition) is 0. The zero-order valence-electron chi connectivity index (χ0n) is 23.9. The maximum atomic E-state index is 4.96. The molecular weight excluding hydrogens is 522 g/mol. The monoisotopic (exact) mass is 551 g/mol. The van der Waals surface area contributed by atoms with Crippen LogP contribution in [0.2, 0.25) is 0 Å². The van der Waals surface area contributed by atoms with Crippen molar-refractivity contribution >= 4 is 0 Å². The molecule has 1 heterocycles. The summed E-state index contributed by atoms with van der Waals surface area (Å²) in [7, 11) is 0. The van der Waals surface area contributed by atoms with E-state index in [1.54, 1.807) is 0 Å². The standard InChI is InChI=1S/C40H29N3/c1-28-10-8-9-15-37(28)33-20-26-36(27-21-33)40-42-38(34-22-16-31(17-23-34)29-11-4-2-5-12-29)41-39(43-40)35-24-18-32(19-25-35)30-13-6-3-7-14-30/h2-27H,1H3. The van der Waals surface area contributed by atoms with Gasteiger partial charge in [0.25, 0.3) is 0 Å². The fourth-order valence-electron chi connectivity index (χ4n) is 5.34. The molecule has 0 aliphatic heterocycles. The number of hydrogen-bond acceptors (Lipinski definition) is 3. The lowest BCUT2D eigenvalue weighted by Crippen LogP contribution is -2.00. The lowest BCUT2D eigenvalue weighted by atomic mass is 9.99. The summed E-state index contributed by atoms with van der Waals surface area (Å²) in [4.78, 5) is 14.9. The summed E-state index contributed by atoms with van der Waals surface area (Å²) in [5, 5.41) is 0. The predicted molar refractivity (Wildman–Crippen MR) is 177 cm³/mol. The molecule has 0 N–H and O–H groups in total. The van der Waals surface area contributed by atoms with Crippen molar-refractivity contribution in [3.8, 4) is 67.5 Å². The van der Waals surface area contributed by atoms with Crippen molar-refractivity contribution in [3.63, 3.8) is 0 Å². The van der Waals surface area contributed by atoms with Crippen LogP contribution in [0.5, 0.6) is 0 Å². The molecule has 0 aliphatic carbocycles. The summed E-state index contributed by atoms with van der Waals surface area (Å²) >= 11 is 0. The first kappa shape index (κ1) is 26.2. The number of benzene rings is 6. The molecule has 0 amide bonds. The highest BCUT2D eigenvalue weighted by Gasteiger charge is 2.13. The van der Waals surface area contributed by atoms with Gasteiger partial charge in [-0.2, -0.15) is 0 Å². The maximum Gasteiger partial charge on any atom is 0.164 e. The van der Waals surface area contributed by atoms with E-state index in [-0.39, 0.29) is 0 Å². The van der Waals surface area contributed by atoms with Gasteiger partial charge in [0.05, 0.1) is 0 Å². The summed E-state index contributed by atoms with van der Waals surface area (Å²) < 4.78 is 0. The van der Waals surface area contributed by atoms with E-state index in [0.29, 0.717) is 17.5 Å². The second kappa shape index (κ2) is 11.7. The van der Waals surface area contributed by atoms with Gasteiger partial charge in [-0.3, -0.25) is 0 Å². The first-order valence-electron chi connectivity index (χ1n) is 14.5. The normalized spacial score (nSPS) is 10.9. The molecule has 6 aromatic carbocycles. The van der Waals surface area contributed by atoms with Crippen molar-refractivity contribution in [2.24, 2.45) is 0 Å². The molecule has 0 aliphatic rings. The van der Waals surface area contributed by atoms with Gasteiger partial charge >= 0.3 is 0 Å². The second-order valence-corrected chi connectivity index (χ2v) is 10.6. The van der Waals surface area contributed by atoms with Gasteiger partial charge in [0.1, 0.15) is 0 Å². The van der Waals surface area contributed by atoms with Gasteiger partial charge < -0.3 is 0 Å². The summed E-state index contributed by atoms with van der Waals surface area (Å²) in [6, 6.07) is 54.5. The first-order valence-corrected chi connectivity index (χ1v) is 14.5. The van der Waals surface area contributed by atoms with Gasteiger partial charge in [-0.15, -0.1) is 0 Å². The molecule has 0 unspecified atom stereocenters. The van der Waals surface area contributed by atoms with Crippen LogP contribution in [-0.2, 0) is 0 Å². The highest BCUT2D eigenvalue weighted by atomic mass is 15.0. The van der Waals surface area contributed by atoms with Crippen molar-refractivity contribution in [2.75, 3.05) is 0 Å². The first-order chi connectivity index (χ1) is 21.2. The van der Waals surface area contributed by atoms with Crippen LogP contribution >= 0.6 is 0 Å². The Morgan fingerprint density at radius 3 is 0.977 bits per heavy atom. The van der Waals surface area contributed by atoms with Crippen LogP contribution in [-0.4, -0.2) is 15.0 Å². The van der Waals surface area contributed by atoms with Crippen LogP contribution in [0.1, 0.15) is 5.56 Å². The zero-order valence-corrected chi connectivity index (χ0v) is 23.9. The second-order valence-electron chi connectivity index (χ2n) is 10.6. The average Bonchev–Trinajstić information content (AvgIpc) is 3.09. The van der Waals surface area contributed by atoms with E-state index in [9.17, 15) is 0 Å². The lowest BCUT2D eigenvalue weighted by Gasteiger charge is -2.11. The quantitative estimate of drug-likeness (QED) is 0.206. The number of rotatable bonds is 6. The third kappa shape index (κ3) is 5.61. The molecule has 0 spiro atoms. The van der Waals surface area contributed by atoms with Gasteiger partial charge in [0.15, 0.2) is 17.5 Å². The number of aryl methyl sites for hydroxylation is 1. The molecule has 0 saturated heterocycles. The Balaban J connectivity index is 1.29. The summed E-state index contributed by atoms with van der Waals surface area (Å²) in [6.07, 6.45) is 0. The van der Waals surface area contributed by atoms with Crippen LogP contribution in [0.3, 0.4) is 0 Å². The number of aromatic nitrogens is 3. The summed E-state index contributed by atoms with van der Waals surface area (Å²) in [5.74, 6) is 1.94. The van der Waals surface area contributed by atoms with E-state index in [0.717, 1.165) is 27.8 Å². The van der Waals surface area contributed by atoms with Gasteiger partial charge in [-0.05, 0) is 45.9 Å². The van der Waals surface area contributed by atoms with E-state index in [1.165, 1.54) is 27.8 Å². The molecular formula is C40H29N3. The average molecular weight is 552 g/mol. The van der Waals surface area contributed by atoms with Crippen LogP contribution in [0.4, 0.5) is 0 Å². The molecule has 3 nitrogen and oxygen atoms in total. The van der Waals surface area contributed by atoms with Gasteiger partial charge in [-0.25, -0.2) is 15.0 Å². The molecule has 0 radical (unpaired) electrons. The highest BCUT2D eigenvalue weighted by Crippen LogP contribution is 2.30. The Morgan fingerprint density at radius 1 is 0.279 bits per heavy atom. The van der Waals surface area contributed by atoms with Crippen LogP contribution in [0.15, 0.2) is 158 Å². The van der Waals surface area contributed by atoms with Crippen LogP contribution < -0.4 is 0 Å². The Bertz CT molecular complexity index is 1880. The maximum absolute atomic E-state index is 4.96. The molecule has 1 aromatic heterocycles. The summed E-state index contributed by atoms with van der Waals surface area (Å²) in [6.45, 7) is 2.14. The Morgan fingerprint density at radius 2 is 0.581 bits per heavy atom. The topological polar surface area (TPSA) is 38.7 Å². The molecule has 7 aromatic rings. The lowest BCUT2D eigenvalue weighted by molar-refractivity contribution is 1.07. The molecule has 43 heavy (non-hydrogen) atoms. The largest absolute Gasteiger partial charge is 0.208 e. The fourth-order valence-corrected chi connectivity index (χ4v) is 5.34. The zero-order chi connectivity index (χ0) is 29.0. The molecule has 0 saturated carbocycles. The van der Waals surface area contributed by atoms with E-state index < -0.39 is 0 Å². The van der Waals surface area contributed by atoms with Crippen molar-refractivity contribution in [1.82, 2.24) is 15.0 Å². The minimum absolute atomic E-state index is 0.648. The van der Waals surface area contributed by atoms with Crippen molar-refractivity contribution in [3.05, 3.63) is 163 Å². The SMILES string of the molecule is Cc1ccccc1-c1ccc(-c2nc(-c3ccc(-c4ccccc4)cc3)nc(-c3ccc(-c4ccccc4)cc3)n2)cc1. The van der Waals surface area contributed by atoms with Crippen molar-refractivity contribution in [1.29, 1.82) is 0 Å². The van der Waals surface area contributed by atoms with E-state index in [1.807, 2.05) is 12.1 Å². The molecule has 204 valence electrons. The van der Waals surface area contributed by atoms with E-state index in [4.69, 9.17) is 15.0 Å². The highest BCUT2D eigenvalue weighted by molar-refractivity contribution is 5.74. The number of nitrogens with zero attached hydrogens (tertiary/aromatic N) is 3. The molecule has 0 bridgehead atoms. The molecule has 0 fully saturated rings. The van der Waals surface area contributed by atoms with E-state index in [2.05, 4.69) is 153 Å². The van der Waals surface area contributed by atoms with Gasteiger partial charge in [0, 0.05) is 16.7 Å². The van der Waals surface area contributed by atoms with Gasteiger partial charge in [0.2, 0.25) is 0 Å². The minimum Gasteiger partial charge on any atom is -0.208 e. The van der Waals surface area contributed by atoms with Crippen LogP contribution in [0.25, 0.3) is 67.5 Å². The minimum atomic E-state index is 0.648. The third-order valence-corrected chi connectivity index (χ3v) is 7.74. The van der Waals surface area contributed by atoms with Crippen molar-refractivity contribution < 1.29 is 0 Å². The molecule has 7 rings (SSSR count). The molecule has 3 heteroatoms. The van der Waals surface area contributed by atoms with Crippen LogP contribution in [0, 0.1) is 6.92 Å². The molecule has 0 atom stereocenters. The van der Waals surface area contributed by atoms with Crippen molar-refractivity contribution in [2.45, 2.75) is 6.92 Å². The summed E-state index contributed by atoms with van der Waals surface area (Å²) in [5.41, 5.74) is 11.2. The predicted octanol–water partition coefficient (Wildman–Crippen LogP) is 10.2. The van der Waals surface area contributed by atoms with Gasteiger partial charge in [-0.1, -0.05) is 158 Å². The van der Waals surface area contributed by atoms with E-state index >= 15 is 0 Å².